The lowest BCUT2D eigenvalue weighted by Gasteiger charge is -2.23. The minimum absolute atomic E-state index is 0.539. The summed E-state index contributed by atoms with van der Waals surface area (Å²) in [5, 5.41) is 11.9. The van der Waals surface area contributed by atoms with E-state index in [0.29, 0.717) is 38.6 Å². The third kappa shape index (κ3) is 7.63. The lowest BCUT2D eigenvalue weighted by atomic mass is 9.96. The zero-order valence-corrected chi connectivity index (χ0v) is 12.0. The van der Waals surface area contributed by atoms with Crippen molar-refractivity contribution in [2.24, 2.45) is 5.92 Å². The van der Waals surface area contributed by atoms with Gasteiger partial charge in [0.05, 0.1) is 13.2 Å². The van der Waals surface area contributed by atoms with Crippen molar-refractivity contribution in [2.45, 2.75) is 39.2 Å². The number of carboxylic acids is 1. The Hall–Kier alpha value is -0.650. The first kappa shape index (κ1) is 17.4. The Morgan fingerprint density at radius 1 is 1.28 bits per heavy atom. The Bertz CT molecular complexity index is 233. The minimum atomic E-state index is -0.864. The molecule has 18 heavy (non-hydrogen) atoms. The maximum absolute atomic E-state index is 11.0. The van der Waals surface area contributed by atoms with Crippen LogP contribution in [-0.2, 0) is 14.3 Å². The summed E-state index contributed by atoms with van der Waals surface area (Å²) in [4.78, 5) is 11.0. The van der Waals surface area contributed by atoms with Crippen LogP contribution in [0.2, 0.25) is 0 Å². The van der Waals surface area contributed by atoms with Gasteiger partial charge in [0.15, 0.2) is 0 Å². The molecule has 0 bridgehead atoms. The molecule has 5 heteroatoms. The van der Waals surface area contributed by atoms with E-state index in [1.165, 1.54) is 0 Å². The summed E-state index contributed by atoms with van der Waals surface area (Å²) in [6.45, 7) is 8.37. The van der Waals surface area contributed by atoms with Gasteiger partial charge < -0.3 is 19.9 Å². The van der Waals surface area contributed by atoms with Crippen LogP contribution in [0.15, 0.2) is 0 Å². The van der Waals surface area contributed by atoms with Gasteiger partial charge in [-0.05, 0) is 32.7 Å². The number of carboxylic acid groups (broad SMARTS) is 1. The molecule has 1 atom stereocenters. The summed E-state index contributed by atoms with van der Waals surface area (Å²) in [7, 11) is 1.66. The average Bonchev–Trinajstić information content (AvgIpc) is 2.31. The third-order valence-corrected chi connectivity index (χ3v) is 2.81. The van der Waals surface area contributed by atoms with Gasteiger partial charge in [0.25, 0.3) is 0 Å². The van der Waals surface area contributed by atoms with Crippen LogP contribution in [0.5, 0.6) is 0 Å². The van der Waals surface area contributed by atoms with Gasteiger partial charge in [-0.2, -0.15) is 0 Å². The van der Waals surface area contributed by atoms with E-state index in [9.17, 15) is 4.79 Å². The van der Waals surface area contributed by atoms with Gasteiger partial charge in [0.1, 0.15) is 5.54 Å². The fraction of sp³-hybridized carbons (Fsp3) is 0.923. The van der Waals surface area contributed by atoms with Crippen LogP contribution in [0.3, 0.4) is 0 Å². The Labute approximate surface area is 110 Å². The number of hydrogen-bond acceptors (Lipinski definition) is 4. The molecule has 1 unspecified atom stereocenters. The maximum Gasteiger partial charge on any atom is 0.323 e. The van der Waals surface area contributed by atoms with E-state index in [1.54, 1.807) is 14.0 Å². The van der Waals surface area contributed by atoms with Crippen LogP contribution in [0.1, 0.15) is 33.6 Å². The standard InChI is InChI=1S/C13H27NO4/c1-11(2)10-18-9-8-17-7-5-6-13(3,14-4)12(15)16/h11,14H,5-10H2,1-4H3,(H,15,16). The molecule has 2 N–H and O–H groups in total. The normalized spacial score (nSPS) is 14.7. The second-order valence-electron chi connectivity index (χ2n) is 5.07. The lowest BCUT2D eigenvalue weighted by molar-refractivity contribution is -0.144. The van der Waals surface area contributed by atoms with Crippen molar-refractivity contribution < 1.29 is 19.4 Å². The molecule has 0 aliphatic heterocycles. The molecule has 0 aliphatic rings. The fourth-order valence-electron chi connectivity index (χ4n) is 1.41. The number of ether oxygens (including phenoxy) is 2. The van der Waals surface area contributed by atoms with Crippen molar-refractivity contribution in [3.63, 3.8) is 0 Å². The molecule has 0 aromatic carbocycles. The molecule has 0 fully saturated rings. The Morgan fingerprint density at radius 2 is 1.89 bits per heavy atom. The number of carbonyl (C=O) groups is 1. The first-order valence-corrected chi connectivity index (χ1v) is 6.50. The van der Waals surface area contributed by atoms with Crippen LogP contribution in [0, 0.1) is 5.92 Å². The van der Waals surface area contributed by atoms with Gasteiger partial charge in [-0.3, -0.25) is 4.79 Å². The van der Waals surface area contributed by atoms with Crippen molar-refractivity contribution in [2.75, 3.05) is 33.5 Å². The Kier molecular flexibility index (Phi) is 8.97. The largest absolute Gasteiger partial charge is 0.480 e. The van der Waals surface area contributed by atoms with Crippen LogP contribution in [0.25, 0.3) is 0 Å². The summed E-state index contributed by atoms with van der Waals surface area (Å²) in [6, 6.07) is 0. The molecule has 0 aliphatic carbocycles. The number of nitrogens with one attached hydrogen (secondary N) is 1. The highest BCUT2D eigenvalue weighted by Crippen LogP contribution is 2.11. The van der Waals surface area contributed by atoms with Gasteiger partial charge in [-0.25, -0.2) is 0 Å². The van der Waals surface area contributed by atoms with E-state index in [0.717, 1.165) is 6.61 Å². The van der Waals surface area contributed by atoms with Crippen molar-refractivity contribution in [1.29, 1.82) is 0 Å². The van der Waals surface area contributed by atoms with Crippen molar-refractivity contribution in [3.05, 3.63) is 0 Å². The molecule has 0 aromatic heterocycles. The predicted octanol–water partition coefficient (Wildman–Crippen LogP) is 1.52. The summed E-state index contributed by atoms with van der Waals surface area (Å²) < 4.78 is 10.8. The van der Waals surface area contributed by atoms with E-state index in [1.807, 2.05) is 0 Å². The zero-order valence-electron chi connectivity index (χ0n) is 12.0. The molecule has 0 radical (unpaired) electrons. The highest BCUT2D eigenvalue weighted by Gasteiger charge is 2.30. The summed E-state index contributed by atoms with van der Waals surface area (Å²) in [6.07, 6.45) is 1.26. The van der Waals surface area contributed by atoms with Crippen LogP contribution >= 0.6 is 0 Å². The SMILES string of the molecule is CNC(C)(CCCOCCOCC(C)C)C(=O)O. The molecule has 0 aromatic rings. The lowest BCUT2D eigenvalue weighted by Crippen LogP contribution is -2.47. The fourth-order valence-corrected chi connectivity index (χ4v) is 1.41. The molecule has 0 saturated heterocycles. The van der Waals surface area contributed by atoms with E-state index in [2.05, 4.69) is 19.2 Å². The second-order valence-corrected chi connectivity index (χ2v) is 5.07. The van der Waals surface area contributed by atoms with E-state index < -0.39 is 11.5 Å². The first-order chi connectivity index (χ1) is 8.42. The quantitative estimate of drug-likeness (QED) is 0.552. The third-order valence-electron chi connectivity index (χ3n) is 2.81. The Balaban J connectivity index is 3.48. The number of likely N-dealkylation sites (N-methyl/N-ethyl adjacent to an activating group) is 1. The van der Waals surface area contributed by atoms with Crippen LogP contribution < -0.4 is 5.32 Å². The summed E-state index contributed by atoms with van der Waals surface area (Å²) in [5.74, 6) is -0.290. The van der Waals surface area contributed by atoms with E-state index in [-0.39, 0.29) is 0 Å². The van der Waals surface area contributed by atoms with Crippen molar-refractivity contribution >= 4 is 5.97 Å². The molecule has 0 amide bonds. The molecule has 0 rings (SSSR count). The molecule has 5 nitrogen and oxygen atoms in total. The Morgan fingerprint density at radius 3 is 2.39 bits per heavy atom. The number of aliphatic carboxylic acids is 1. The van der Waals surface area contributed by atoms with E-state index in [4.69, 9.17) is 14.6 Å². The predicted molar refractivity (Wildman–Crippen MR) is 70.8 cm³/mol. The van der Waals surface area contributed by atoms with Crippen molar-refractivity contribution in [3.8, 4) is 0 Å². The molecule has 0 heterocycles. The van der Waals surface area contributed by atoms with Gasteiger partial charge in [-0.15, -0.1) is 0 Å². The second kappa shape index (κ2) is 9.30. The molecule has 0 spiro atoms. The van der Waals surface area contributed by atoms with E-state index >= 15 is 0 Å². The number of hydrogen-bond donors (Lipinski definition) is 2. The number of rotatable bonds is 11. The van der Waals surface area contributed by atoms with Gasteiger partial charge in [-0.1, -0.05) is 13.8 Å². The average molecular weight is 261 g/mol. The van der Waals surface area contributed by atoms with Gasteiger partial charge in [0.2, 0.25) is 0 Å². The zero-order chi connectivity index (χ0) is 14.0. The molecule has 108 valence electrons. The minimum Gasteiger partial charge on any atom is -0.480 e. The highest BCUT2D eigenvalue weighted by atomic mass is 16.5. The molecule has 0 saturated carbocycles. The van der Waals surface area contributed by atoms with Crippen LogP contribution in [0.4, 0.5) is 0 Å². The summed E-state index contributed by atoms with van der Waals surface area (Å²) in [5.41, 5.74) is -0.864. The van der Waals surface area contributed by atoms with Gasteiger partial charge in [0, 0.05) is 13.2 Å². The first-order valence-electron chi connectivity index (χ1n) is 6.50. The van der Waals surface area contributed by atoms with Gasteiger partial charge >= 0.3 is 5.97 Å². The monoisotopic (exact) mass is 261 g/mol. The molecular formula is C13H27NO4. The van der Waals surface area contributed by atoms with Crippen molar-refractivity contribution in [1.82, 2.24) is 5.32 Å². The summed E-state index contributed by atoms with van der Waals surface area (Å²) >= 11 is 0. The smallest absolute Gasteiger partial charge is 0.323 e. The van der Waals surface area contributed by atoms with Crippen LogP contribution in [-0.4, -0.2) is 50.1 Å². The highest BCUT2D eigenvalue weighted by molar-refractivity contribution is 5.78. The maximum atomic E-state index is 11.0. The topological polar surface area (TPSA) is 67.8 Å². The molecular weight excluding hydrogens is 234 g/mol.